The summed E-state index contributed by atoms with van der Waals surface area (Å²) in [6.45, 7) is 0.466. The summed E-state index contributed by atoms with van der Waals surface area (Å²) in [7, 11) is 1.75. The summed E-state index contributed by atoms with van der Waals surface area (Å²) in [5, 5.41) is 18.9. The Hall–Kier alpha value is -2.49. The highest BCUT2D eigenvalue weighted by molar-refractivity contribution is 6.08. The Morgan fingerprint density at radius 1 is 1.05 bits per heavy atom. The van der Waals surface area contributed by atoms with E-state index in [9.17, 15) is 10.2 Å². The molecule has 0 aliphatic carbocycles. The van der Waals surface area contributed by atoms with Crippen LogP contribution >= 0.6 is 0 Å². The molecule has 0 saturated heterocycles. The Kier molecular flexibility index (Phi) is 3.06. The van der Waals surface area contributed by atoms with Gasteiger partial charge in [-0.1, -0.05) is 12.1 Å². The molecule has 0 bridgehead atoms. The topological polar surface area (TPSA) is 62.1 Å². The number of hydrogen-bond donors (Lipinski definition) is 2. The predicted molar refractivity (Wildman–Crippen MR) is 76.9 cm³/mol. The summed E-state index contributed by atoms with van der Waals surface area (Å²) in [5.41, 5.74) is 2.87. The Morgan fingerprint density at radius 3 is 2.45 bits per heavy atom. The first kappa shape index (κ1) is 12.5. The molecule has 0 fully saturated rings. The minimum atomic E-state index is 0.0256. The van der Waals surface area contributed by atoms with Gasteiger partial charge in [0.1, 0.15) is 23.9 Å². The SMILES string of the molecule is C/N=C1/c2ccc(O)cc2OCC1c1ccc(O)cc1. The van der Waals surface area contributed by atoms with Gasteiger partial charge in [-0.2, -0.15) is 0 Å². The monoisotopic (exact) mass is 269 g/mol. The molecule has 0 spiro atoms. The molecule has 1 atom stereocenters. The van der Waals surface area contributed by atoms with Crippen molar-refractivity contribution in [3.8, 4) is 17.2 Å². The van der Waals surface area contributed by atoms with Crippen molar-refractivity contribution in [2.45, 2.75) is 5.92 Å². The molecular formula is C16H15NO3. The van der Waals surface area contributed by atoms with Gasteiger partial charge in [-0.3, -0.25) is 4.99 Å². The number of benzene rings is 2. The zero-order valence-electron chi connectivity index (χ0n) is 11.1. The van der Waals surface area contributed by atoms with Gasteiger partial charge in [0.2, 0.25) is 0 Å². The molecule has 20 heavy (non-hydrogen) atoms. The van der Waals surface area contributed by atoms with Crippen molar-refractivity contribution in [2.75, 3.05) is 13.7 Å². The Bertz CT molecular complexity index is 662. The van der Waals surface area contributed by atoms with Crippen LogP contribution in [-0.4, -0.2) is 29.6 Å². The van der Waals surface area contributed by atoms with E-state index in [2.05, 4.69) is 4.99 Å². The molecule has 2 aromatic rings. The number of ether oxygens (including phenoxy) is 1. The van der Waals surface area contributed by atoms with Crippen LogP contribution in [0, 0.1) is 0 Å². The van der Waals surface area contributed by atoms with Crippen LogP contribution in [0.2, 0.25) is 0 Å². The van der Waals surface area contributed by atoms with Gasteiger partial charge in [-0.05, 0) is 29.8 Å². The molecule has 4 heteroatoms. The second-order valence-corrected chi connectivity index (χ2v) is 4.74. The van der Waals surface area contributed by atoms with Crippen LogP contribution in [0.15, 0.2) is 47.5 Å². The number of fused-ring (bicyclic) bond motifs is 1. The van der Waals surface area contributed by atoms with Gasteiger partial charge in [0.15, 0.2) is 0 Å². The van der Waals surface area contributed by atoms with Gasteiger partial charge in [0.25, 0.3) is 0 Å². The number of phenolic OH excluding ortho intramolecular Hbond substituents is 2. The fourth-order valence-corrected chi connectivity index (χ4v) is 2.52. The van der Waals surface area contributed by atoms with Gasteiger partial charge in [0.05, 0.1) is 11.6 Å². The Morgan fingerprint density at radius 2 is 1.75 bits per heavy atom. The van der Waals surface area contributed by atoms with E-state index in [1.807, 2.05) is 18.2 Å². The summed E-state index contributed by atoms with van der Waals surface area (Å²) in [6.07, 6.45) is 0. The molecule has 0 radical (unpaired) electrons. The van der Waals surface area contributed by atoms with Gasteiger partial charge in [-0.25, -0.2) is 0 Å². The molecule has 0 aromatic heterocycles. The van der Waals surface area contributed by atoms with Gasteiger partial charge < -0.3 is 14.9 Å². The van der Waals surface area contributed by atoms with E-state index < -0.39 is 0 Å². The summed E-state index contributed by atoms with van der Waals surface area (Å²) in [4.78, 5) is 4.39. The average molecular weight is 269 g/mol. The fourth-order valence-electron chi connectivity index (χ4n) is 2.52. The number of rotatable bonds is 1. The second kappa shape index (κ2) is 4.89. The molecule has 4 nitrogen and oxygen atoms in total. The summed E-state index contributed by atoms with van der Waals surface area (Å²) < 4.78 is 5.73. The van der Waals surface area contributed by atoms with Crippen LogP contribution in [0.1, 0.15) is 17.0 Å². The molecule has 3 rings (SSSR count). The molecular weight excluding hydrogens is 254 g/mol. The minimum Gasteiger partial charge on any atom is -0.508 e. The lowest BCUT2D eigenvalue weighted by Gasteiger charge is -2.27. The standard InChI is InChI=1S/C16H15NO3/c1-17-16-13-7-6-12(19)8-15(13)20-9-14(16)10-2-4-11(18)5-3-10/h2-8,14,18-19H,9H2,1H3/b17-16-. The molecule has 1 aliphatic heterocycles. The third kappa shape index (κ3) is 2.09. The van der Waals surface area contributed by atoms with Crippen LogP contribution in [0.5, 0.6) is 17.2 Å². The van der Waals surface area contributed by atoms with E-state index in [-0.39, 0.29) is 17.4 Å². The highest BCUT2D eigenvalue weighted by atomic mass is 16.5. The van der Waals surface area contributed by atoms with E-state index in [1.165, 1.54) is 0 Å². The van der Waals surface area contributed by atoms with Crippen molar-refractivity contribution < 1.29 is 14.9 Å². The molecule has 2 aromatic carbocycles. The van der Waals surface area contributed by atoms with Crippen LogP contribution in [-0.2, 0) is 0 Å². The zero-order valence-corrected chi connectivity index (χ0v) is 11.1. The smallest absolute Gasteiger partial charge is 0.132 e. The van der Waals surface area contributed by atoms with Gasteiger partial charge >= 0.3 is 0 Å². The lowest BCUT2D eigenvalue weighted by Crippen LogP contribution is -2.26. The maximum atomic E-state index is 9.51. The van der Waals surface area contributed by atoms with Gasteiger partial charge in [0, 0.05) is 18.7 Å². The molecule has 1 aliphatic rings. The number of phenols is 2. The fraction of sp³-hybridized carbons (Fsp3) is 0.188. The first-order valence-electron chi connectivity index (χ1n) is 6.41. The lowest BCUT2D eigenvalue weighted by atomic mass is 9.88. The van der Waals surface area contributed by atoms with E-state index in [1.54, 1.807) is 31.3 Å². The van der Waals surface area contributed by atoms with Gasteiger partial charge in [-0.15, -0.1) is 0 Å². The summed E-state index contributed by atoms with van der Waals surface area (Å²) in [5.74, 6) is 1.10. The average Bonchev–Trinajstić information content (AvgIpc) is 2.46. The summed E-state index contributed by atoms with van der Waals surface area (Å²) in [6, 6.07) is 12.1. The molecule has 2 N–H and O–H groups in total. The zero-order chi connectivity index (χ0) is 14.1. The first-order chi connectivity index (χ1) is 9.69. The van der Waals surface area contributed by atoms with Crippen LogP contribution in [0.4, 0.5) is 0 Å². The van der Waals surface area contributed by atoms with Crippen molar-refractivity contribution in [3.05, 3.63) is 53.6 Å². The first-order valence-corrected chi connectivity index (χ1v) is 6.41. The summed E-state index contributed by atoms with van der Waals surface area (Å²) >= 11 is 0. The largest absolute Gasteiger partial charge is 0.508 e. The molecule has 1 unspecified atom stereocenters. The number of nitrogens with zero attached hydrogens (tertiary/aromatic N) is 1. The maximum absolute atomic E-state index is 9.51. The third-order valence-corrected chi connectivity index (χ3v) is 3.51. The number of aliphatic imine (C=N–C) groups is 1. The second-order valence-electron chi connectivity index (χ2n) is 4.74. The number of hydrogen-bond acceptors (Lipinski definition) is 4. The van der Waals surface area contributed by atoms with Crippen molar-refractivity contribution in [1.82, 2.24) is 0 Å². The Labute approximate surface area is 117 Å². The third-order valence-electron chi connectivity index (χ3n) is 3.51. The highest BCUT2D eigenvalue weighted by Crippen LogP contribution is 2.35. The molecule has 0 amide bonds. The van der Waals surface area contributed by atoms with Crippen molar-refractivity contribution >= 4 is 5.71 Å². The molecule has 102 valence electrons. The van der Waals surface area contributed by atoms with E-state index in [0.29, 0.717) is 12.4 Å². The van der Waals surface area contributed by atoms with Crippen LogP contribution in [0.3, 0.4) is 0 Å². The van der Waals surface area contributed by atoms with Crippen molar-refractivity contribution in [3.63, 3.8) is 0 Å². The minimum absolute atomic E-state index is 0.0256. The quantitative estimate of drug-likeness (QED) is 0.836. The predicted octanol–water partition coefficient (Wildman–Crippen LogP) is 2.69. The van der Waals surface area contributed by atoms with Crippen LogP contribution in [0.25, 0.3) is 0 Å². The normalized spacial score (nSPS) is 19.4. The lowest BCUT2D eigenvalue weighted by molar-refractivity contribution is 0.300. The number of aromatic hydroxyl groups is 2. The van der Waals surface area contributed by atoms with Crippen molar-refractivity contribution in [2.24, 2.45) is 4.99 Å². The van der Waals surface area contributed by atoms with Crippen LogP contribution < -0.4 is 4.74 Å². The van der Waals surface area contributed by atoms with E-state index in [0.717, 1.165) is 16.8 Å². The highest BCUT2D eigenvalue weighted by Gasteiger charge is 2.28. The Balaban J connectivity index is 2.03. The maximum Gasteiger partial charge on any atom is 0.132 e. The molecule has 1 heterocycles. The van der Waals surface area contributed by atoms with E-state index >= 15 is 0 Å². The molecule has 0 saturated carbocycles. The van der Waals surface area contributed by atoms with E-state index in [4.69, 9.17) is 4.74 Å². The van der Waals surface area contributed by atoms with Crippen molar-refractivity contribution in [1.29, 1.82) is 0 Å².